The molecule has 0 bridgehead atoms. The number of para-hydroxylation sites is 2. The third-order valence-electron chi connectivity index (χ3n) is 23.4. The zero-order valence-electron chi connectivity index (χ0n) is 56.4. The molecular formula is C100H64N2. The van der Waals surface area contributed by atoms with Crippen molar-refractivity contribution in [3.8, 4) is 55.6 Å². The van der Waals surface area contributed by atoms with E-state index in [0.29, 0.717) is 0 Å². The van der Waals surface area contributed by atoms with Crippen LogP contribution in [0.1, 0.15) is 55.6 Å². The Kier molecular flexibility index (Phi) is 11.9. The molecule has 0 unspecified atom stereocenters. The molecule has 2 spiro atoms. The maximum Gasteiger partial charge on any atom is 0.0731 e. The monoisotopic (exact) mass is 1290 g/mol. The highest BCUT2D eigenvalue weighted by molar-refractivity contribution is 6.23. The van der Waals surface area contributed by atoms with Gasteiger partial charge < -0.3 is 9.80 Å². The molecule has 0 amide bonds. The van der Waals surface area contributed by atoms with Crippen LogP contribution >= 0.6 is 0 Å². The van der Waals surface area contributed by atoms with E-state index in [1.807, 2.05) is 0 Å². The Labute approximate surface area is 592 Å². The Morgan fingerprint density at radius 3 is 1.09 bits per heavy atom. The molecule has 0 N–H and O–H groups in total. The first-order valence-electron chi connectivity index (χ1n) is 35.8. The SMILES string of the molecule is Cc1ccc(N(c2ccccc2)c2ccc3c4c(c5ccccc5c3c2)-c2cc3cc(-c5cc(C)cc(N(c6ccccc6)c6ccc7c8c(c9ccccc9c7c6)-c6cc7ccccc7cc6C86c7ccccc7-c7ccccc76)c5)ccc3cc2C42c3ccccc3-c3ccccc32)cc1. The smallest absolute Gasteiger partial charge is 0.0731 e. The topological polar surface area (TPSA) is 6.48 Å². The van der Waals surface area contributed by atoms with Crippen LogP contribution in [-0.2, 0) is 10.8 Å². The number of rotatable bonds is 7. The quantitative estimate of drug-likeness (QED) is 0.147. The predicted molar refractivity (Wildman–Crippen MR) is 428 cm³/mol. The number of benzene rings is 18. The average molecular weight is 1290 g/mol. The minimum Gasteiger partial charge on any atom is -0.310 e. The molecule has 4 aliphatic carbocycles. The molecule has 0 radical (unpaired) electrons. The van der Waals surface area contributed by atoms with Gasteiger partial charge in [0.2, 0.25) is 0 Å². The van der Waals surface area contributed by atoms with Crippen molar-refractivity contribution in [2.75, 3.05) is 9.80 Å². The van der Waals surface area contributed by atoms with Crippen molar-refractivity contribution in [3.63, 3.8) is 0 Å². The first kappa shape index (κ1) is 57.1. The minimum absolute atomic E-state index is 0.546. The number of fused-ring (bicyclic) bond motifs is 32. The van der Waals surface area contributed by atoms with Crippen molar-refractivity contribution >= 4 is 98.8 Å². The van der Waals surface area contributed by atoms with Crippen LogP contribution in [0.5, 0.6) is 0 Å². The molecule has 22 rings (SSSR count). The molecule has 0 fully saturated rings. The fourth-order valence-corrected chi connectivity index (χ4v) is 19.4. The minimum atomic E-state index is -0.596. The highest BCUT2D eigenvalue weighted by Gasteiger charge is 2.55. The fraction of sp³-hybridized carbons (Fsp3) is 0.0400. The molecule has 2 nitrogen and oxygen atoms in total. The van der Waals surface area contributed by atoms with Crippen LogP contribution in [0.2, 0.25) is 0 Å². The van der Waals surface area contributed by atoms with Crippen LogP contribution in [0, 0.1) is 13.8 Å². The molecule has 18 aromatic carbocycles. The number of aryl methyl sites for hydroxylation is 2. The first-order chi connectivity index (χ1) is 50.4. The second kappa shape index (κ2) is 21.3. The normalized spacial score (nSPS) is 13.5. The van der Waals surface area contributed by atoms with Crippen LogP contribution in [-0.4, -0.2) is 0 Å². The van der Waals surface area contributed by atoms with Crippen molar-refractivity contribution in [2.24, 2.45) is 0 Å². The third kappa shape index (κ3) is 7.73. The number of anilines is 6. The van der Waals surface area contributed by atoms with Gasteiger partial charge in [0.05, 0.1) is 10.8 Å². The highest BCUT2D eigenvalue weighted by atomic mass is 15.1. The number of hydrogen-bond donors (Lipinski definition) is 0. The lowest BCUT2D eigenvalue weighted by atomic mass is 9.69. The predicted octanol–water partition coefficient (Wildman–Crippen LogP) is 26.5. The van der Waals surface area contributed by atoms with Crippen LogP contribution in [0.15, 0.2) is 352 Å². The summed E-state index contributed by atoms with van der Waals surface area (Å²) in [6.45, 7) is 4.42. The van der Waals surface area contributed by atoms with Gasteiger partial charge in [0.1, 0.15) is 0 Å². The van der Waals surface area contributed by atoms with Crippen molar-refractivity contribution in [1.29, 1.82) is 0 Å². The molecular weight excluding hydrogens is 1230 g/mol. The molecule has 0 saturated heterocycles. The molecule has 0 saturated carbocycles. The molecule has 0 heterocycles. The molecule has 2 heteroatoms. The number of hydrogen-bond acceptors (Lipinski definition) is 2. The van der Waals surface area contributed by atoms with Gasteiger partial charge in [0, 0.05) is 34.1 Å². The van der Waals surface area contributed by atoms with E-state index >= 15 is 0 Å². The lowest BCUT2D eigenvalue weighted by Crippen LogP contribution is -2.26. The van der Waals surface area contributed by atoms with E-state index in [1.54, 1.807) is 0 Å². The van der Waals surface area contributed by atoms with E-state index in [2.05, 4.69) is 375 Å². The maximum absolute atomic E-state index is 2.56. The summed E-state index contributed by atoms with van der Waals surface area (Å²) in [6.07, 6.45) is 0. The molecule has 0 atom stereocenters. The summed E-state index contributed by atoms with van der Waals surface area (Å²) in [6, 6.07) is 134. The van der Waals surface area contributed by atoms with Crippen molar-refractivity contribution in [2.45, 2.75) is 24.7 Å². The van der Waals surface area contributed by atoms with Crippen molar-refractivity contribution < 1.29 is 0 Å². The van der Waals surface area contributed by atoms with Gasteiger partial charge in [-0.15, -0.1) is 0 Å². The van der Waals surface area contributed by atoms with Gasteiger partial charge in [0.15, 0.2) is 0 Å². The lowest BCUT2D eigenvalue weighted by molar-refractivity contribution is 0.803. The van der Waals surface area contributed by atoms with E-state index in [9.17, 15) is 0 Å². The molecule has 474 valence electrons. The molecule has 0 aromatic heterocycles. The standard InChI is InChI=1S/C100H64N2/c1-61-41-45-71(46-42-61)101(69-25-5-3-6-26-69)72-47-49-83-85(59-72)76-30-12-14-36-82(76)96-88-56-68-53-65(43-44-66(68)58-94(88)100(98(83)96)91-39-21-17-33-79(91)80-34-18-22-40-92(80)100)67-51-62(2)52-74(54-67)102(70-27-7-4-8-28-70)73-48-50-84-86(60-73)75-29-11-13-35-81(75)95-87-55-63-23-9-10-24-64(63)57-93(87)99(97(84)95)89-37-19-15-31-77(89)78-32-16-20-38-90(78)99/h3-60H,1-2H3. The van der Waals surface area contributed by atoms with Crippen LogP contribution in [0.4, 0.5) is 34.1 Å². The second-order valence-electron chi connectivity index (χ2n) is 28.7. The maximum atomic E-state index is 2.56. The van der Waals surface area contributed by atoms with E-state index in [0.717, 1.165) is 34.1 Å². The number of nitrogens with zero attached hydrogens (tertiary/aromatic N) is 2. The van der Waals surface area contributed by atoms with Crippen molar-refractivity contribution in [1.82, 2.24) is 0 Å². The van der Waals surface area contributed by atoms with Gasteiger partial charge >= 0.3 is 0 Å². The summed E-state index contributed by atoms with van der Waals surface area (Å²) in [5, 5.41) is 15.0. The van der Waals surface area contributed by atoms with Gasteiger partial charge in [-0.1, -0.05) is 254 Å². The summed E-state index contributed by atoms with van der Waals surface area (Å²) >= 11 is 0. The van der Waals surface area contributed by atoms with Gasteiger partial charge in [-0.25, -0.2) is 0 Å². The van der Waals surface area contributed by atoms with E-state index in [1.165, 1.54) is 176 Å². The molecule has 0 aliphatic heterocycles. The van der Waals surface area contributed by atoms with E-state index in [4.69, 9.17) is 0 Å². The Balaban J connectivity index is 0.734. The second-order valence-corrected chi connectivity index (χ2v) is 28.7. The van der Waals surface area contributed by atoms with Crippen molar-refractivity contribution in [3.05, 3.63) is 407 Å². The Morgan fingerprint density at radius 1 is 0.196 bits per heavy atom. The van der Waals surface area contributed by atoms with E-state index < -0.39 is 10.8 Å². The Hall–Kier alpha value is -12.9. The zero-order chi connectivity index (χ0) is 67.1. The largest absolute Gasteiger partial charge is 0.310 e. The first-order valence-corrected chi connectivity index (χ1v) is 35.8. The molecule has 102 heavy (non-hydrogen) atoms. The van der Waals surface area contributed by atoms with E-state index in [-0.39, 0.29) is 0 Å². The van der Waals surface area contributed by atoms with Crippen LogP contribution < -0.4 is 9.80 Å². The lowest BCUT2D eigenvalue weighted by Gasteiger charge is -2.32. The summed E-state index contributed by atoms with van der Waals surface area (Å²) in [4.78, 5) is 4.89. The third-order valence-corrected chi connectivity index (χ3v) is 23.4. The summed E-state index contributed by atoms with van der Waals surface area (Å²) < 4.78 is 0. The summed E-state index contributed by atoms with van der Waals surface area (Å²) in [7, 11) is 0. The highest BCUT2D eigenvalue weighted by Crippen LogP contribution is 2.68. The zero-order valence-corrected chi connectivity index (χ0v) is 56.4. The van der Waals surface area contributed by atoms with Gasteiger partial charge in [-0.05, 0) is 287 Å². The molecule has 4 aliphatic rings. The Morgan fingerprint density at radius 2 is 0.588 bits per heavy atom. The summed E-state index contributed by atoms with van der Waals surface area (Å²) in [5.74, 6) is 0. The van der Waals surface area contributed by atoms with Gasteiger partial charge in [-0.2, -0.15) is 0 Å². The fourth-order valence-electron chi connectivity index (χ4n) is 19.4. The van der Waals surface area contributed by atoms with Gasteiger partial charge in [0.25, 0.3) is 0 Å². The Bertz CT molecular complexity index is 6570. The van der Waals surface area contributed by atoms with Crippen LogP contribution in [0.25, 0.3) is 120 Å². The molecule has 18 aromatic rings. The van der Waals surface area contributed by atoms with Gasteiger partial charge in [-0.3, -0.25) is 0 Å². The van der Waals surface area contributed by atoms with Crippen LogP contribution in [0.3, 0.4) is 0 Å². The summed E-state index contributed by atoms with van der Waals surface area (Å²) in [5.41, 5.74) is 31.5. The average Bonchev–Trinajstić information content (AvgIpc) is 1.50.